The first-order chi connectivity index (χ1) is 11.1. The molecule has 1 aliphatic heterocycles. The Morgan fingerprint density at radius 1 is 1.39 bits per heavy atom. The number of nitrogens with one attached hydrogen (secondary N) is 1. The quantitative estimate of drug-likeness (QED) is 0.923. The minimum atomic E-state index is 0.000656. The van der Waals surface area contributed by atoms with Gasteiger partial charge in [-0.25, -0.2) is 0 Å². The fourth-order valence-corrected chi connectivity index (χ4v) is 4.08. The minimum Gasteiger partial charge on any atom is -0.351 e. The van der Waals surface area contributed by atoms with Crippen molar-refractivity contribution in [2.45, 2.75) is 26.3 Å². The predicted molar refractivity (Wildman–Crippen MR) is 91.6 cm³/mol. The summed E-state index contributed by atoms with van der Waals surface area (Å²) >= 11 is 2.95. The lowest BCUT2D eigenvalue weighted by atomic mass is 9.95. The summed E-state index contributed by atoms with van der Waals surface area (Å²) in [5.41, 5.74) is 1.48. The Balaban J connectivity index is 1.49. The van der Waals surface area contributed by atoms with E-state index in [1.54, 1.807) is 16.7 Å². The minimum absolute atomic E-state index is 0.000656. The summed E-state index contributed by atoms with van der Waals surface area (Å²) in [4.78, 5) is 27.7. The molecule has 2 aromatic rings. The largest absolute Gasteiger partial charge is 0.351 e. The SMILES string of the molecule is Cc1nscc1C(=O)N1CCC(C(=O)NCc2cccs2)CC1. The van der Waals surface area contributed by atoms with E-state index in [9.17, 15) is 9.59 Å². The molecular weight excluding hydrogens is 330 g/mol. The molecule has 0 aliphatic carbocycles. The molecule has 2 aromatic heterocycles. The Morgan fingerprint density at radius 2 is 2.17 bits per heavy atom. The summed E-state index contributed by atoms with van der Waals surface area (Å²) in [5, 5.41) is 6.81. The van der Waals surface area contributed by atoms with E-state index in [0.717, 1.165) is 23.4 Å². The van der Waals surface area contributed by atoms with Crippen LogP contribution >= 0.6 is 22.9 Å². The van der Waals surface area contributed by atoms with E-state index in [1.807, 2.05) is 29.3 Å². The van der Waals surface area contributed by atoms with Gasteiger partial charge in [-0.15, -0.1) is 11.3 Å². The first-order valence-corrected chi connectivity index (χ1v) is 9.37. The van der Waals surface area contributed by atoms with Gasteiger partial charge < -0.3 is 10.2 Å². The van der Waals surface area contributed by atoms with Crippen molar-refractivity contribution in [1.82, 2.24) is 14.6 Å². The molecule has 23 heavy (non-hydrogen) atoms. The highest BCUT2D eigenvalue weighted by Gasteiger charge is 2.28. The number of aryl methyl sites for hydroxylation is 1. The molecular formula is C16H19N3O2S2. The molecule has 3 rings (SSSR count). The third-order valence-electron chi connectivity index (χ3n) is 4.15. The van der Waals surface area contributed by atoms with Gasteiger partial charge in [0, 0.05) is 29.3 Å². The number of likely N-dealkylation sites (tertiary alicyclic amines) is 1. The Morgan fingerprint density at radius 3 is 2.78 bits per heavy atom. The van der Waals surface area contributed by atoms with Gasteiger partial charge in [0.25, 0.3) is 5.91 Å². The maximum absolute atomic E-state index is 12.4. The number of carbonyl (C=O) groups excluding carboxylic acids is 2. The van der Waals surface area contributed by atoms with Crippen molar-refractivity contribution in [2.75, 3.05) is 13.1 Å². The molecule has 1 saturated heterocycles. The van der Waals surface area contributed by atoms with Crippen LogP contribution in [0.4, 0.5) is 0 Å². The molecule has 0 spiro atoms. The molecule has 122 valence electrons. The van der Waals surface area contributed by atoms with Crippen LogP contribution in [0.3, 0.4) is 0 Å². The highest BCUT2D eigenvalue weighted by molar-refractivity contribution is 7.09. The molecule has 1 fully saturated rings. The Bertz CT molecular complexity index is 673. The first kappa shape index (κ1) is 16.1. The van der Waals surface area contributed by atoms with Crippen molar-refractivity contribution >= 4 is 34.7 Å². The molecule has 0 atom stereocenters. The van der Waals surface area contributed by atoms with E-state index >= 15 is 0 Å². The monoisotopic (exact) mass is 349 g/mol. The van der Waals surface area contributed by atoms with Gasteiger partial charge >= 0.3 is 0 Å². The van der Waals surface area contributed by atoms with Crippen LogP contribution in [0, 0.1) is 12.8 Å². The van der Waals surface area contributed by atoms with Gasteiger partial charge in [-0.1, -0.05) is 6.07 Å². The number of hydrogen-bond acceptors (Lipinski definition) is 5. The van der Waals surface area contributed by atoms with Crippen LogP contribution in [-0.4, -0.2) is 34.2 Å². The fraction of sp³-hybridized carbons (Fsp3) is 0.438. The number of amides is 2. The average molecular weight is 349 g/mol. The Hall–Kier alpha value is -1.73. The molecule has 0 aromatic carbocycles. The molecule has 1 aliphatic rings. The Kier molecular flexibility index (Phi) is 5.07. The normalized spacial score (nSPS) is 15.6. The van der Waals surface area contributed by atoms with E-state index in [2.05, 4.69) is 9.69 Å². The van der Waals surface area contributed by atoms with E-state index in [-0.39, 0.29) is 17.7 Å². The van der Waals surface area contributed by atoms with Crippen LogP contribution in [-0.2, 0) is 11.3 Å². The molecule has 1 N–H and O–H groups in total. The van der Waals surface area contributed by atoms with E-state index in [1.165, 1.54) is 11.5 Å². The zero-order chi connectivity index (χ0) is 16.2. The van der Waals surface area contributed by atoms with Crippen molar-refractivity contribution in [3.8, 4) is 0 Å². The molecule has 0 unspecified atom stereocenters. The van der Waals surface area contributed by atoms with Crippen LogP contribution in [0.25, 0.3) is 0 Å². The lowest BCUT2D eigenvalue weighted by Crippen LogP contribution is -2.43. The summed E-state index contributed by atoms with van der Waals surface area (Å²) in [6.07, 6.45) is 1.44. The fourth-order valence-electron chi connectivity index (χ4n) is 2.74. The lowest BCUT2D eigenvalue weighted by molar-refractivity contribution is -0.126. The lowest BCUT2D eigenvalue weighted by Gasteiger charge is -2.31. The third-order valence-corrected chi connectivity index (χ3v) is 5.75. The maximum atomic E-state index is 12.4. The molecule has 0 radical (unpaired) electrons. The molecule has 5 nitrogen and oxygen atoms in total. The first-order valence-electron chi connectivity index (χ1n) is 7.65. The number of thiophene rings is 1. The van der Waals surface area contributed by atoms with Crippen molar-refractivity contribution < 1.29 is 9.59 Å². The number of rotatable bonds is 4. The second kappa shape index (κ2) is 7.23. The van der Waals surface area contributed by atoms with Gasteiger partial charge in [-0.05, 0) is 42.7 Å². The Labute approximate surface area is 143 Å². The molecule has 0 bridgehead atoms. The smallest absolute Gasteiger partial charge is 0.256 e. The maximum Gasteiger partial charge on any atom is 0.256 e. The zero-order valence-corrected chi connectivity index (χ0v) is 14.6. The second-order valence-corrected chi connectivity index (χ2v) is 7.34. The molecule has 3 heterocycles. The van der Waals surface area contributed by atoms with Gasteiger partial charge in [0.2, 0.25) is 5.91 Å². The van der Waals surface area contributed by atoms with Crippen molar-refractivity contribution in [3.05, 3.63) is 39.0 Å². The average Bonchev–Trinajstić information content (AvgIpc) is 3.23. The number of hydrogen-bond donors (Lipinski definition) is 1. The van der Waals surface area contributed by atoms with Crippen LogP contribution in [0.5, 0.6) is 0 Å². The van der Waals surface area contributed by atoms with E-state index < -0.39 is 0 Å². The standard InChI is InChI=1S/C16H19N3O2S2/c1-11-14(10-23-18-11)16(21)19-6-4-12(5-7-19)15(20)17-9-13-3-2-8-22-13/h2-3,8,10,12H,4-7,9H2,1H3,(H,17,20). The zero-order valence-electron chi connectivity index (χ0n) is 12.9. The van der Waals surface area contributed by atoms with Crippen LogP contribution in [0.2, 0.25) is 0 Å². The van der Waals surface area contributed by atoms with Crippen LogP contribution in [0.15, 0.2) is 22.9 Å². The highest BCUT2D eigenvalue weighted by Crippen LogP contribution is 2.21. The van der Waals surface area contributed by atoms with Gasteiger partial charge in [-0.2, -0.15) is 4.37 Å². The van der Waals surface area contributed by atoms with E-state index in [4.69, 9.17) is 0 Å². The van der Waals surface area contributed by atoms with Gasteiger partial charge in [-0.3, -0.25) is 9.59 Å². The highest BCUT2D eigenvalue weighted by atomic mass is 32.1. The summed E-state index contributed by atoms with van der Waals surface area (Å²) in [7, 11) is 0. The van der Waals surface area contributed by atoms with Gasteiger partial charge in [0.05, 0.1) is 17.8 Å². The number of nitrogens with zero attached hydrogens (tertiary/aromatic N) is 2. The third kappa shape index (κ3) is 3.79. The number of aromatic nitrogens is 1. The van der Waals surface area contributed by atoms with E-state index in [0.29, 0.717) is 25.2 Å². The van der Waals surface area contributed by atoms with Crippen LogP contribution < -0.4 is 5.32 Å². The second-order valence-electron chi connectivity index (χ2n) is 5.68. The molecule has 2 amide bonds. The van der Waals surface area contributed by atoms with Crippen molar-refractivity contribution in [1.29, 1.82) is 0 Å². The number of piperidine rings is 1. The van der Waals surface area contributed by atoms with Crippen LogP contribution in [0.1, 0.15) is 33.8 Å². The summed E-state index contributed by atoms with van der Waals surface area (Å²) in [6, 6.07) is 4.00. The van der Waals surface area contributed by atoms with Crippen molar-refractivity contribution in [3.63, 3.8) is 0 Å². The van der Waals surface area contributed by atoms with Gasteiger partial charge in [0.1, 0.15) is 0 Å². The van der Waals surface area contributed by atoms with Crippen molar-refractivity contribution in [2.24, 2.45) is 5.92 Å². The number of carbonyl (C=O) groups is 2. The summed E-state index contributed by atoms with van der Waals surface area (Å²) in [5.74, 6) is 0.133. The molecule has 0 saturated carbocycles. The summed E-state index contributed by atoms with van der Waals surface area (Å²) in [6.45, 7) is 3.71. The predicted octanol–water partition coefficient (Wildman–Crippen LogP) is 2.68. The summed E-state index contributed by atoms with van der Waals surface area (Å²) < 4.78 is 4.16. The topological polar surface area (TPSA) is 62.3 Å². The molecule has 7 heteroatoms. The van der Waals surface area contributed by atoms with Gasteiger partial charge in [0.15, 0.2) is 0 Å².